The average molecular weight is 387 g/mol. The van der Waals surface area contributed by atoms with Gasteiger partial charge >= 0.3 is 0 Å². The highest BCUT2D eigenvalue weighted by Crippen LogP contribution is 2.19. The third-order valence-corrected chi connectivity index (χ3v) is 6.29. The van der Waals surface area contributed by atoms with Gasteiger partial charge in [-0.25, -0.2) is 8.42 Å². The lowest BCUT2D eigenvalue weighted by atomic mass is 9.96. The number of rotatable bonds is 5. The van der Waals surface area contributed by atoms with E-state index in [0.717, 1.165) is 25.7 Å². The van der Waals surface area contributed by atoms with Gasteiger partial charge in [0, 0.05) is 17.3 Å². The van der Waals surface area contributed by atoms with E-state index >= 15 is 0 Å². The summed E-state index contributed by atoms with van der Waals surface area (Å²) >= 11 is 0. The van der Waals surface area contributed by atoms with Crippen molar-refractivity contribution in [1.29, 1.82) is 0 Å². The maximum absolute atomic E-state index is 12.5. The number of amides is 1. The van der Waals surface area contributed by atoms with Crippen LogP contribution in [0.15, 0.2) is 59.5 Å². The molecular weight excluding hydrogens is 360 g/mol. The van der Waals surface area contributed by atoms with E-state index in [4.69, 9.17) is 0 Å². The molecule has 1 aliphatic carbocycles. The highest BCUT2D eigenvalue weighted by Gasteiger charge is 2.16. The molecule has 0 bridgehead atoms. The summed E-state index contributed by atoms with van der Waals surface area (Å²) in [6, 6.07) is 15.0. The Balaban J connectivity index is 1.62. The molecule has 0 spiro atoms. The minimum atomic E-state index is -3.63. The van der Waals surface area contributed by atoms with E-state index in [9.17, 15) is 13.2 Å². The normalized spacial score (nSPS) is 16.1. The second-order valence-corrected chi connectivity index (χ2v) is 8.69. The SMILES string of the molecule is O=C(NC1CCCCCCC1)c1ccc(NS(=O)(=O)c2ccccc2)cc1. The summed E-state index contributed by atoms with van der Waals surface area (Å²) in [7, 11) is -3.63. The molecule has 0 unspecified atom stereocenters. The van der Waals surface area contributed by atoms with Crippen LogP contribution >= 0.6 is 0 Å². The number of hydrogen-bond donors (Lipinski definition) is 2. The molecule has 0 heterocycles. The van der Waals surface area contributed by atoms with Crippen LogP contribution in [0.5, 0.6) is 0 Å². The van der Waals surface area contributed by atoms with Gasteiger partial charge in [-0.3, -0.25) is 9.52 Å². The lowest BCUT2D eigenvalue weighted by Crippen LogP contribution is -2.35. The number of anilines is 1. The first kappa shape index (κ1) is 19.4. The largest absolute Gasteiger partial charge is 0.349 e. The molecule has 1 aliphatic rings. The van der Waals surface area contributed by atoms with Crippen LogP contribution in [0.3, 0.4) is 0 Å². The van der Waals surface area contributed by atoms with Crippen LogP contribution in [0.1, 0.15) is 55.3 Å². The van der Waals surface area contributed by atoms with Gasteiger partial charge in [-0.15, -0.1) is 0 Å². The summed E-state index contributed by atoms with van der Waals surface area (Å²) < 4.78 is 27.2. The number of carbonyl (C=O) groups is 1. The van der Waals surface area contributed by atoms with Crippen LogP contribution in [0.4, 0.5) is 5.69 Å². The van der Waals surface area contributed by atoms with Crippen LogP contribution < -0.4 is 10.0 Å². The second-order valence-electron chi connectivity index (χ2n) is 7.01. The average Bonchev–Trinajstić information content (AvgIpc) is 2.65. The topological polar surface area (TPSA) is 75.3 Å². The predicted molar refractivity (Wildman–Crippen MR) is 107 cm³/mol. The highest BCUT2D eigenvalue weighted by molar-refractivity contribution is 7.92. The smallest absolute Gasteiger partial charge is 0.261 e. The molecule has 0 saturated heterocycles. The Morgan fingerprint density at radius 1 is 0.815 bits per heavy atom. The first-order valence-electron chi connectivity index (χ1n) is 9.53. The van der Waals surface area contributed by atoms with Crippen molar-refractivity contribution < 1.29 is 13.2 Å². The molecule has 0 atom stereocenters. The Kier molecular flexibility index (Phi) is 6.50. The lowest BCUT2D eigenvalue weighted by Gasteiger charge is -2.21. The lowest BCUT2D eigenvalue weighted by molar-refractivity contribution is 0.0930. The molecule has 3 rings (SSSR count). The van der Waals surface area contributed by atoms with Crippen molar-refractivity contribution in [3.05, 3.63) is 60.2 Å². The van der Waals surface area contributed by atoms with Crippen LogP contribution in [-0.2, 0) is 10.0 Å². The van der Waals surface area contributed by atoms with Crippen molar-refractivity contribution in [2.45, 2.75) is 55.9 Å². The summed E-state index contributed by atoms with van der Waals surface area (Å²) in [5.74, 6) is -0.0990. The molecule has 1 fully saturated rings. The van der Waals surface area contributed by atoms with Crippen molar-refractivity contribution in [2.75, 3.05) is 4.72 Å². The van der Waals surface area contributed by atoms with Crippen molar-refractivity contribution in [3.8, 4) is 0 Å². The van der Waals surface area contributed by atoms with Gasteiger partial charge in [0.05, 0.1) is 4.90 Å². The molecule has 1 saturated carbocycles. The third-order valence-electron chi connectivity index (χ3n) is 4.89. The van der Waals surface area contributed by atoms with E-state index in [0.29, 0.717) is 11.3 Å². The Bertz CT molecular complexity index is 841. The zero-order valence-corrected chi connectivity index (χ0v) is 16.2. The monoisotopic (exact) mass is 386 g/mol. The standard InChI is InChI=1S/C21H26N2O3S/c24-21(22-18-9-5-2-1-3-6-10-18)17-13-15-19(16-14-17)23-27(25,26)20-11-7-4-8-12-20/h4,7-8,11-16,18,23H,1-3,5-6,9-10H2,(H,22,24). The fourth-order valence-electron chi connectivity index (χ4n) is 3.37. The van der Waals surface area contributed by atoms with Crippen LogP contribution in [0.2, 0.25) is 0 Å². The number of carbonyl (C=O) groups excluding carboxylic acids is 1. The molecule has 2 aromatic rings. The van der Waals surface area contributed by atoms with Gasteiger partial charge in [-0.2, -0.15) is 0 Å². The molecule has 2 aromatic carbocycles. The van der Waals surface area contributed by atoms with Gasteiger partial charge < -0.3 is 5.32 Å². The molecule has 0 aromatic heterocycles. The Hall–Kier alpha value is -2.34. The molecular formula is C21H26N2O3S. The van der Waals surface area contributed by atoms with E-state index in [1.165, 1.54) is 19.3 Å². The summed E-state index contributed by atoms with van der Waals surface area (Å²) in [6.07, 6.45) is 8.14. The zero-order valence-electron chi connectivity index (χ0n) is 15.4. The Morgan fingerprint density at radius 2 is 1.41 bits per heavy atom. The van der Waals surface area contributed by atoms with Crippen molar-refractivity contribution in [1.82, 2.24) is 5.32 Å². The number of benzene rings is 2. The molecule has 1 amide bonds. The summed E-state index contributed by atoms with van der Waals surface area (Å²) in [5, 5.41) is 3.12. The van der Waals surface area contributed by atoms with Crippen molar-refractivity contribution >= 4 is 21.6 Å². The minimum absolute atomic E-state index is 0.0990. The maximum atomic E-state index is 12.5. The van der Waals surface area contributed by atoms with Gasteiger partial charge in [0.1, 0.15) is 0 Å². The Morgan fingerprint density at radius 3 is 2.04 bits per heavy atom. The van der Waals surface area contributed by atoms with E-state index in [1.807, 2.05) is 0 Å². The first-order valence-corrected chi connectivity index (χ1v) is 11.0. The van der Waals surface area contributed by atoms with Crippen LogP contribution in [0, 0.1) is 0 Å². The maximum Gasteiger partial charge on any atom is 0.261 e. The van der Waals surface area contributed by atoms with E-state index in [-0.39, 0.29) is 16.8 Å². The summed E-state index contributed by atoms with van der Waals surface area (Å²) in [5.41, 5.74) is 0.973. The van der Waals surface area contributed by atoms with Gasteiger partial charge in [0.15, 0.2) is 0 Å². The first-order chi connectivity index (χ1) is 13.0. The Labute approximate surface area is 161 Å². The van der Waals surface area contributed by atoms with Crippen LogP contribution in [-0.4, -0.2) is 20.4 Å². The number of sulfonamides is 1. The minimum Gasteiger partial charge on any atom is -0.349 e. The molecule has 0 radical (unpaired) electrons. The van der Waals surface area contributed by atoms with Gasteiger partial charge in [0.2, 0.25) is 0 Å². The fourth-order valence-corrected chi connectivity index (χ4v) is 4.45. The molecule has 2 N–H and O–H groups in total. The molecule has 27 heavy (non-hydrogen) atoms. The fraction of sp³-hybridized carbons (Fsp3) is 0.381. The van der Waals surface area contributed by atoms with E-state index in [2.05, 4.69) is 10.0 Å². The quantitative estimate of drug-likeness (QED) is 0.803. The molecule has 6 heteroatoms. The molecule has 0 aliphatic heterocycles. The van der Waals surface area contributed by atoms with Crippen LogP contribution in [0.25, 0.3) is 0 Å². The second kappa shape index (κ2) is 9.04. The van der Waals surface area contributed by atoms with Crippen molar-refractivity contribution in [3.63, 3.8) is 0 Å². The van der Waals surface area contributed by atoms with Gasteiger partial charge in [-0.1, -0.05) is 50.3 Å². The third kappa shape index (κ3) is 5.57. The number of nitrogens with one attached hydrogen (secondary N) is 2. The van der Waals surface area contributed by atoms with Gasteiger partial charge in [0.25, 0.3) is 15.9 Å². The summed E-state index contributed by atoms with van der Waals surface area (Å²) in [6.45, 7) is 0. The predicted octanol–water partition coefficient (Wildman–Crippen LogP) is 4.33. The van der Waals surface area contributed by atoms with E-state index in [1.54, 1.807) is 54.6 Å². The zero-order chi connectivity index (χ0) is 19.1. The summed E-state index contributed by atoms with van der Waals surface area (Å²) in [4.78, 5) is 12.7. The number of hydrogen-bond acceptors (Lipinski definition) is 3. The highest BCUT2D eigenvalue weighted by atomic mass is 32.2. The van der Waals surface area contributed by atoms with Gasteiger partial charge in [-0.05, 0) is 49.2 Å². The molecule has 5 nitrogen and oxygen atoms in total. The van der Waals surface area contributed by atoms with E-state index < -0.39 is 10.0 Å². The molecule has 144 valence electrons. The van der Waals surface area contributed by atoms with Crippen molar-refractivity contribution in [2.24, 2.45) is 0 Å².